The van der Waals surface area contributed by atoms with Crippen molar-refractivity contribution in [2.24, 2.45) is 5.92 Å². The average Bonchev–Trinajstić information content (AvgIpc) is 3.79. The maximum absolute atomic E-state index is 15.3. The van der Waals surface area contributed by atoms with Crippen LogP contribution in [-0.2, 0) is 38.4 Å². The van der Waals surface area contributed by atoms with Gasteiger partial charge in [0.1, 0.15) is 35.4 Å². The molecule has 5 aromatic rings. The summed E-state index contributed by atoms with van der Waals surface area (Å²) in [6.45, 7) is -0.212. The van der Waals surface area contributed by atoms with Gasteiger partial charge in [0, 0.05) is 41.5 Å². The van der Waals surface area contributed by atoms with E-state index < -0.39 is 87.7 Å². The van der Waals surface area contributed by atoms with Crippen molar-refractivity contribution in [2.45, 2.75) is 48.6 Å². The molecule has 3 heterocycles. The number of morpholine rings is 1. The highest BCUT2D eigenvalue weighted by Gasteiger charge is 2.67. The molecule has 2 fully saturated rings. The molecule has 0 bridgehead atoms. The van der Waals surface area contributed by atoms with E-state index in [1.807, 2.05) is 0 Å². The first-order chi connectivity index (χ1) is 26.1. The van der Waals surface area contributed by atoms with Gasteiger partial charge >= 0.3 is 0 Å². The van der Waals surface area contributed by atoms with E-state index in [2.05, 4.69) is 26.3 Å². The fraction of sp³-hybridized carbons (Fsp3) is 0.333. The third kappa shape index (κ3) is 6.74. The summed E-state index contributed by atoms with van der Waals surface area (Å²) in [5.74, 6) is -8.56. The number of hydrogen-bond donors (Lipinski definition) is 1. The first-order valence-corrected chi connectivity index (χ1v) is 19.3. The van der Waals surface area contributed by atoms with Gasteiger partial charge in [-0.1, -0.05) is 15.9 Å². The Balaban J connectivity index is 1.23. The van der Waals surface area contributed by atoms with Gasteiger partial charge in [0.25, 0.3) is 17.9 Å². The molecule has 8 rings (SSSR count). The van der Waals surface area contributed by atoms with Gasteiger partial charge in [0.2, 0.25) is 15.9 Å². The summed E-state index contributed by atoms with van der Waals surface area (Å²) in [5, 5.41) is 6.45. The number of carbonyl (C=O) groups is 1. The Labute approximate surface area is 317 Å². The molecule has 1 aliphatic heterocycles. The first kappa shape index (κ1) is 37.3. The number of alkyl halides is 4. The van der Waals surface area contributed by atoms with E-state index in [-0.39, 0.29) is 71.2 Å². The quantitative estimate of drug-likeness (QED) is 0.174. The molecule has 3 aromatic carbocycles. The molecule has 1 saturated carbocycles. The molecule has 1 saturated heterocycles. The minimum atomic E-state index is -3.94. The van der Waals surface area contributed by atoms with Crippen LogP contribution in [0.25, 0.3) is 16.6 Å². The van der Waals surface area contributed by atoms with E-state index in [0.29, 0.717) is 15.2 Å². The maximum atomic E-state index is 15.3. The van der Waals surface area contributed by atoms with Crippen molar-refractivity contribution in [1.82, 2.24) is 29.0 Å². The minimum absolute atomic E-state index is 0.0106. The molecule has 19 heteroatoms. The fourth-order valence-electron chi connectivity index (χ4n) is 7.49. The van der Waals surface area contributed by atoms with Gasteiger partial charge in [0.15, 0.2) is 0 Å². The summed E-state index contributed by atoms with van der Waals surface area (Å²) in [6, 6.07) is 11.1. The zero-order valence-electron chi connectivity index (χ0n) is 28.4. The molecule has 2 aliphatic carbocycles. The lowest BCUT2D eigenvalue weighted by Gasteiger charge is -2.26. The predicted molar refractivity (Wildman–Crippen MR) is 187 cm³/mol. The number of ether oxygens (including phenoxy) is 1. The number of nitrogens with one attached hydrogen (secondary N) is 1. The number of nitrogens with zero attached hydrogens (tertiary/aromatic N) is 5. The number of amides is 1. The van der Waals surface area contributed by atoms with Crippen molar-refractivity contribution in [3.05, 3.63) is 115 Å². The molecule has 1 amide bonds. The van der Waals surface area contributed by atoms with Gasteiger partial charge in [-0.25, -0.2) is 31.0 Å². The molecule has 0 unspecified atom stereocenters. The third-order valence-corrected chi connectivity index (χ3v) is 12.4. The van der Waals surface area contributed by atoms with E-state index in [1.165, 1.54) is 40.7 Å². The molecular formula is C36H29BrF6N6O5S. The molecule has 3 aliphatic rings. The summed E-state index contributed by atoms with van der Waals surface area (Å²) in [5.41, 5.74) is -2.25. The number of benzene rings is 3. The Morgan fingerprint density at radius 1 is 1.02 bits per heavy atom. The molecule has 0 spiro atoms. The second-order valence-corrected chi connectivity index (χ2v) is 16.4. The van der Waals surface area contributed by atoms with Crippen molar-refractivity contribution in [1.29, 1.82) is 0 Å². The Morgan fingerprint density at radius 3 is 2.38 bits per heavy atom. The number of carbonyl (C=O) groups excluding carboxylic acids is 1. The number of halogens is 7. The van der Waals surface area contributed by atoms with Gasteiger partial charge < -0.3 is 10.1 Å². The number of sulfonamides is 1. The number of fused-ring (bicyclic) bond motifs is 4. The summed E-state index contributed by atoms with van der Waals surface area (Å²) >= 11 is 3.35. The number of aromatic nitrogens is 4. The van der Waals surface area contributed by atoms with Crippen LogP contribution in [0, 0.1) is 17.6 Å². The van der Waals surface area contributed by atoms with E-state index in [0.717, 1.165) is 16.7 Å². The number of hydrogen-bond acceptors (Lipinski definition) is 7. The maximum Gasteiger partial charge on any atom is 0.293 e. The van der Waals surface area contributed by atoms with Crippen molar-refractivity contribution in [3.63, 3.8) is 0 Å². The van der Waals surface area contributed by atoms with Crippen molar-refractivity contribution < 1.29 is 44.3 Å². The van der Waals surface area contributed by atoms with Gasteiger partial charge in [0.05, 0.1) is 40.7 Å². The molecule has 288 valence electrons. The SMILES string of the molecule is O=C(Cn1nc(C(F)F)c2c1C(F)(F)[C@H]1C[C@@H]21)N[C@@H](Cc1cc(F)cc(F)c1)c1nc2cc(Br)ccc2c(=O)n1-c1ccc(S(=O)(=O)N2CCOCC2)cc1. The molecule has 2 aromatic heterocycles. The minimum Gasteiger partial charge on any atom is -0.379 e. The summed E-state index contributed by atoms with van der Waals surface area (Å²) in [6.07, 6.45) is -3.55. The third-order valence-electron chi connectivity index (χ3n) is 10.0. The number of rotatable bonds is 10. The molecule has 3 atom stereocenters. The van der Waals surface area contributed by atoms with Gasteiger partial charge in [-0.15, -0.1) is 0 Å². The van der Waals surface area contributed by atoms with E-state index >= 15 is 8.78 Å². The zero-order chi connectivity index (χ0) is 39.0. The Morgan fingerprint density at radius 2 is 1.71 bits per heavy atom. The van der Waals surface area contributed by atoms with Crippen molar-refractivity contribution in [2.75, 3.05) is 26.3 Å². The lowest BCUT2D eigenvalue weighted by molar-refractivity contribution is -0.123. The second-order valence-electron chi connectivity index (χ2n) is 13.6. The second kappa shape index (κ2) is 13.9. The lowest BCUT2D eigenvalue weighted by atomic mass is 10.0. The standard InChI is InChI=1S/C36H29BrF6N6O5S/c37-19-1-6-24-27(14-19)45-34(49(35(24)51)22-2-4-23(5-3-22)55(52,53)47-7-9-54-10-8-47)28(13-18-11-20(38)15-21(39)12-18)44-29(50)17-48-32-30(31(46-48)33(40)41)25-16-26(25)36(32,42)43/h1-6,11-12,14-15,25-26,28,33H,7-10,13,16-17H2,(H,44,50)/t25-,26+,28+/m1/s1. The molecule has 11 nitrogen and oxygen atoms in total. The molecular weight excluding hydrogens is 822 g/mol. The highest BCUT2D eigenvalue weighted by molar-refractivity contribution is 9.10. The Kier molecular flexibility index (Phi) is 9.41. The van der Waals surface area contributed by atoms with Crippen LogP contribution in [0.5, 0.6) is 0 Å². The van der Waals surface area contributed by atoms with Crippen LogP contribution in [0.2, 0.25) is 0 Å². The Hall–Kier alpha value is -4.59. The fourth-order valence-corrected chi connectivity index (χ4v) is 9.24. The monoisotopic (exact) mass is 850 g/mol. The van der Waals surface area contributed by atoms with Crippen molar-refractivity contribution >= 4 is 42.8 Å². The lowest BCUT2D eigenvalue weighted by Crippen LogP contribution is -2.40. The van der Waals surface area contributed by atoms with Gasteiger partial charge in [-0.05, 0) is 72.5 Å². The molecule has 0 radical (unpaired) electrons. The first-order valence-electron chi connectivity index (χ1n) is 17.1. The predicted octanol–water partition coefficient (Wildman–Crippen LogP) is 5.89. The van der Waals surface area contributed by atoms with Crippen molar-refractivity contribution in [3.8, 4) is 5.69 Å². The Bertz CT molecular complexity index is 2510. The average molecular weight is 852 g/mol. The summed E-state index contributed by atoms with van der Waals surface area (Å²) < 4.78 is 123. The summed E-state index contributed by atoms with van der Waals surface area (Å²) in [7, 11) is -3.94. The van der Waals surface area contributed by atoms with Gasteiger partial charge in [-0.2, -0.15) is 18.2 Å². The van der Waals surface area contributed by atoms with Crippen LogP contribution in [0.1, 0.15) is 53.1 Å². The smallest absolute Gasteiger partial charge is 0.293 e. The largest absolute Gasteiger partial charge is 0.379 e. The normalized spacial score (nSPS) is 19.7. The van der Waals surface area contributed by atoms with Crippen LogP contribution in [-0.4, -0.2) is 64.3 Å². The van der Waals surface area contributed by atoms with Crippen LogP contribution >= 0.6 is 15.9 Å². The topological polar surface area (TPSA) is 128 Å². The molecule has 55 heavy (non-hydrogen) atoms. The van der Waals surface area contributed by atoms with Gasteiger partial charge in [-0.3, -0.25) is 18.8 Å². The van der Waals surface area contributed by atoms with E-state index in [4.69, 9.17) is 9.72 Å². The highest BCUT2D eigenvalue weighted by atomic mass is 79.9. The highest BCUT2D eigenvalue weighted by Crippen LogP contribution is 2.68. The van der Waals surface area contributed by atoms with E-state index in [1.54, 1.807) is 6.07 Å². The summed E-state index contributed by atoms with van der Waals surface area (Å²) in [4.78, 5) is 32.7. The van der Waals surface area contributed by atoms with E-state index in [9.17, 15) is 35.6 Å². The zero-order valence-corrected chi connectivity index (χ0v) is 30.8. The molecule has 1 N–H and O–H groups in total. The van der Waals surface area contributed by atoms with Crippen LogP contribution in [0.3, 0.4) is 0 Å². The van der Waals surface area contributed by atoms with Crippen LogP contribution in [0.4, 0.5) is 26.3 Å². The van der Waals surface area contributed by atoms with Crippen LogP contribution < -0.4 is 10.9 Å². The van der Waals surface area contributed by atoms with Crippen LogP contribution in [0.15, 0.2) is 74.8 Å².